The molecule has 0 aliphatic rings. The SMILES string of the molecule is CCNC(=NCc1cccc(Cn2ccnc2)c1)NCCCc1ccccc1.I. The Bertz CT molecular complexity index is 847. The van der Waals surface area contributed by atoms with Crippen molar-refractivity contribution in [3.63, 3.8) is 0 Å². The van der Waals surface area contributed by atoms with Gasteiger partial charge in [0.2, 0.25) is 0 Å². The van der Waals surface area contributed by atoms with E-state index in [1.807, 2.05) is 12.5 Å². The minimum Gasteiger partial charge on any atom is -0.357 e. The van der Waals surface area contributed by atoms with E-state index in [1.54, 1.807) is 6.20 Å². The van der Waals surface area contributed by atoms with Crippen molar-refractivity contribution < 1.29 is 0 Å². The first kappa shape index (κ1) is 22.9. The zero-order valence-corrected chi connectivity index (χ0v) is 19.3. The van der Waals surface area contributed by atoms with Gasteiger partial charge in [-0.05, 0) is 36.5 Å². The number of guanidine groups is 1. The summed E-state index contributed by atoms with van der Waals surface area (Å²) in [4.78, 5) is 8.84. The molecule has 0 bridgehead atoms. The molecule has 0 saturated heterocycles. The number of aryl methyl sites for hydroxylation is 1. The number of hydrogen-bond acceptors (Lipinski definition) is 2. The lowest BCUT2D eigenvalue weighted by Crippen LogP contribution is -2.37. The van der Waals surface area contributed by atoms with Crippen LogP contribution in [-0.2, 0) is 19.5 Å². The molecule has 0 amide bonds. The largest absolute Gasteiger partial charge is 0.357 e. The van der Waals surface area contributed by atoms with Crippen molar-refractivity contribution in [3.05, 3.63) is 90.0 Å². The third kappa shape index (κ3) is 8.27. The molecular formula is C23H30IN5. The molecule has 2 aromatic carbocycles. The van der Waals surface area contributed by atoms with Gasteiger partial charge >= 0.3 is 0 Å². The number of imidazole rings is 1. The van der Waals surface area contributed by atoms with E-state index in [1.165, 1.54) is 16.7 Å². The maximum Gasteiger partial charge on any atom is 0.191 e. The fourth-order valence-corrected chi connectivity index (χ4v) is 3.07. The lowest BCUT2D eigenvalue weighted by molar-refractivity contribution is 0.743. The van der Waals surface area contributed by atoms with E-state index in [0.717, 1.165) is 38.4 Å². The second-order valence-corrected chi connectivity index (χ2v) is 6.77. The molecule has 0 unspecified atom stereocenters. The van der Waals surface area contributed by atoms with E-state index in [9.17, 15) is 0 Å². The third-order valence-corrected chi connectivity index (χ3v) is 4.46. The molecule has 2 N–H and O–H groups in total. The van der Waals surface area contributed by atoms with Crippen molar-refractivity contribution in [2.45, 2.75) is 32.9 Å². The van der Waals surface area contributed by atoms with E-state index in [2.05, 4.69) is 81.7 Å². The topological polar surface area (TPSA) is 54.2 Å². The Kier molecular flexibility index (Phi) is 10.3. The summed E-state index contributed by atoms with van der Waals surface area (Å²) in [7, 11) is 0. The van der Waals surface area contributed by atoms with Gasteiger partial charge in [-0.15, -0.1) is 24.0 Å². The van der Waals surface area contributed by atoms with Crippen LogP contribution in [0.2, 0.25) is 0 Å². The predicted molar refractivity (Wildman–Crippen MR) is 131 cm³/mol. The molecule has 0 fully saturated rings. The quantitative estimate of drug-likeness (QED) is 0.199. The monoisotopic (exact) mass is 503 g/mol. The van der Waals surface area contributed by atoms with Crippen LogP contribution in [0.4, 0.5) is 0 Å². The Morgan fingerprint density at radius 2 is 1.79 bits per heavy atom. The van der Waals surface area contributed by atoms with Gasteiger partial charge in [-0.3, -0.25) is 0 Å². The molecule has 6 heteroatoms. The van der Waals surface area contributed by atoms with E-state index in [-0.39, 0.29) is 24.0 Å². The number of hydrogen-bond donors (Lipinski definition) is 2. The highest BCUT2D eigenvalue weighted by molar-refractivity contribution is 14.0. The Morgan fingerprint density at radius 1 is 1.00 bits per heavy atom. The molecule has 0 aliphatic heterocycles. The van der Waals surface area contributed by atoms with Crippen molar-refractivity contribution in [1.82, 2.24) is 20.2 Å². The van der Waals surface area contributed by atoms with Crippen LogP contribution in [-0.4, -0.2) is 28.6 Å². The number of nitrogens with one attached hydrogen (secondary N) is 2. The van der Waals surface area contributed by atoms with E-state index < -0.39 is 0 Å². The smallest absolute Gasteiger partial charge is 0.191 e. The normalized spacial score (nSPS) is 11.0. The van der Waals surface area contributed by atoms with Crippen molar-refractivity contribution in [3.8, 4) is 0 Å². The van der Waals surface area contributed by atoms with Gasteiger partial charge in [0.25, 0.3) is 0 Å². The standard InChI is InChI=1S/C23H29N5.HI/c1-2-25-23(26-13-7-12-20-8-4-3-5-9-20)27-17-21-10-6-11-22(16-21)18-28-15-14-24-19-28;/h3-6,8-11,14-16,19H,2,7,12-13,17-18H2,1H3,(H2,25,26,27);1H. The molecule has 0 atom stereocenters. The van der Waals surface area contributed by atoms with Gasteiger partial charge in [0.15, 0.2) is 5.96 Å². The molecule has 1 aromatic heterocycles. The summed E-state index contributed by atoms with van der Waals surface area (Å²) in [5.41, 5.74) is 3.84. The number of aromatic nitrogens is 2. The van der Waals surface area contributed by atoms with Gasteiger partial charge in [0.05, 0.1) is 12.9 Å². The van der Waals surface area contributed by atoms with Crippen LogP contribution in [0.3, 0.4) is 0 Å². The highest BCUT2D eigenvalue weighted by Gasteiger charge is 2.00. The first-order chi connectivity index (χ1) is 13.8. The zero-order chi connectivity index (χ0) is 19.4. The lowest BCUT2D eigenvalue weighted by Gasteiger charge is -2.11. The molecular weight excluding hydrogens is 473 g/mol. The molecule has 29 heavy (non-hydrogen) atoms. The van der Waals surface area contributed by atoms with Crippen LogP contribution in [0.1, 0.15) is 30.0 Å². The number of benzene rings is 2. The van der Waals surface area contributed by atoms with Gasteiger partial charge < -0.3 is 15.2 Å². The summed E-state index contributed by atoms with van der Waals surface area (Å²) >= 11 is 0. The molecule has 5 nitrogen and oxygen atoms in total. The van der Waals surface area contributed by atoms with E-state index in [0.29, 0.717) is 6.54 Å². The summed E-state index contributed by atoms with van der Waals surface area (Å²) in [5, 5.41) is 6.77. The van der Waals surface area contributed by atoms with Gasteiger partial charge in [0.1, 0.15) is 0 Å². The van der Waals surface area contributed by atoms with Crippen LogP contribution in [0.15, 0.2) is 78.3 Å². The average molecular weight is 503 g/mol. The minimum atomic E-state index is 0. The van der Waals surface area contributed by atoms with E-state index in [4.69, 9.17) is 4.99 Å². The molecule has 3 aromatic rings. The molecule has 0 spiro atoms. The van der Waals surface area contributed by atoms with Crippen molar-refractivity contribution in [2.24, 2.45) is 4.99 Å². The first-order valence-electron chi connectivity index (χ1n) is 9.93. The van der Waals surface area contributed by atoms with Crippen LogP contribution in [0.5, 0.6) is 0 Å². The zero-order valence-electron chi connectivity index (χ0n) is 16.9. The molecule has 1 heterocycles. The summed E-state index contributed by atoms with van der Waals surface area (Å²) in [6, 6.07) is 19.2. The maximum atomic E-state index is 4.74. The predicted octanol–water partition coefficient (Wildman–Crippen LogP) is 4.24. The van der Waals surface area contributed by atoms with Gasteiger partial charge in [-0.1, -0.05) is 54.6 Å². The van der Waals surface area contributed by atoms with Crippen molar-refractivity contribution in [1.29, 1.82) is 0 Å². The lowest BCUT2D eigenvalue weighted by atomic mass is 10.1. The van der Waals surface area contributed by atoms with Gasteiger partial charge in [-0.25, -0.2) is 9.98 Å². The van der Waals surface area contributed by atoms with Crippen LogP contribution < -0.4 is 10.6 Å². The number of aliphatic imine (C=N–C) groups is 1. The number of halogens is 1. The minimum absolute atomic E-state index is 0. The Morgan fingerprint density at radius 3 is 2.55 bits per heavy atom. The molecule has 0 aliphatic carbocycles. The fourth-order valence-electron chi connectivity index (χ4n) is 3.07. The van der Waals surface area contributed by atoms with Crippen molar-refractivity contribution >= 4 is 29.9 Å². The molecule has 3 rings (SSSR count). The Labute approximate surface area is 190 Å². The fraction of sp³-hybridized carbons (Fsp3) is 0.304. The summed E-state index contributed by atoms with van der Waals surface area (Å²) < 4.78 is 2.07. The van der Waals surface area contributed by atoms with Crippen LogP contribution >= 0.6 is 24.0 Å². The molecule has 0 radical (unpaired) electrons. The summed E-state index contributed by atoms with van der Waals surface area (Å²) in [6.45, 7) is 5.33. The van der Waals surface area contributed by atoms with Gasteiger partial charge in [-0.2, -0.15) is 0 Å². The Balaban J connectivity index is 0.00000300. The average Bonchev–Trinajstić information content (AvgIpc) is 3.23. The van der Waals surface area contributed by atoms with Gasteiger partial charge in [0, 0.05) is 32.0 Å². The van der Waals surface area contributed by atoms with Crippen molar-refractivity contribution in [2.75, 3.05) is 13.1 Å². The number of rotatable bonds is 9. The molecule has 154 valence electrons. The maximum absolute atomic E-state index is 4.74. The summed E-state index contributed by atoms with van der Waals surface area (Å²) in [6.07, 6.45) is 7.78. The third-order valence-electron chi connectivity index (χ3n) is 4.46. The molecule has 0 saturated carbocycles. The van der Waals surface area contributed by atoms with Crippen LogP contribution in [0.25, 0.3) is 0 Å². The second-order valence-electron chi connectivity index (χ2n) is 6.77. The highest BCUT2D eigenvalue weighted by atomic mass is 127. The summed E-state index contributed by atoms with van der Waals surface area (Å²) in [5.74, 6) is 0.871. The first-order valence-corrected chi connectivity index (χ1v) is 9.93. The number of nitrogens with zero attached hydrogens (tertiary/aromatic N) is 3. The van der Waals surface area contributed by atoms with E-state index >= 15 is 0 Å². The van der Waals surface area contributed by atoms with Crippen LogP contribution in [0, 0.1) is 0 Å². The highest BCUT2D eigenvalue weighted by Crippen LogP contribution is 2.08. The Hall–Kier alpha value is -2.35. The second kappa shape index (κ2) is 13.0.